The van der Waals surface area contributed by atoms with Crippen molar-refractivity contribution in [2.45, 2.75) is 32.0 Å². The molecule has 0 heterocycles. The lowest BCUT2D eigenvalue weighted by Gasteiger charge is -2.25. The topological polar surface area (TPSA) is 57.5 Å². The molecule has 0 aromatic carbocycles. The fraction of sp³-hybridized carbons (Fsp3) is 0.667. The third-order valence-corrected chi connectivity index (χ3v) is 2.78. The predicted octanol–water partition coefficient (Wildman–Crippen LogP) is 0.263. The molecule has 2 N–H and O–H groups in total. The van der Waals surface area contributed by atoms with Crippen LogP contribution in [0.4, 0.5) is 0 Å². The number of Topliss-reactive ketones (excluding diaryl/α,β-unsaturated/α-hetero) is 1. The zero-order chi connectivity index (χ0) is 9.35. The molecule has 0 aromatic rings. The van der Waals surface area contributed by atoms with E-state index in [-0.39, 0.29) is 0 Å². The molecule has 0 spiro atoms. The summed E-state index contributed by atoms with van der Waals surface area (Å²) in [5.74, 6) is -0.475. The highest BCUT2D eigenvalue weighted by Gasteiger charge is 2.49. The summed E-state index contributed by atoms with van der Waals surface area (Å²) in [5, 5.41) is 18.7. The van der Waals surface area contributed by atoms with E-state index < -0.39 is 23.4 Å². The standard InChI is InChI=1S/C9H14O3/c1-3-9(4-2)5-6(10)7(11)8(9)12/h3,6,8,10,12H,1,4-5H2,2H3. The molecule has 3 nitrogen and oxygen atoms in total. The normalized spacial score (nSPS) is 41.8. The summed E-state index contributed by atoms with van der Waals surface area (Å²) in [7, 11) is 0. The maximum Gasteiger partial charge on any atom is 0.190 e. The van der Waals surface area contributed by atoms with Crippen molar-refractivity contribution < 1.29 is 15.0 Å². The third kappa shape index (κ3) is 1.09. The smallest absolute Gasteiger partial charge is 0.190 e. The number of carbonyl (C=O) groups is 1. The Kier molecular flexibility index (Phi) is 2.35. The van der Waals surface area contributed by atoms with E-state index in [9.17, 15) is 15.0 Å². The van der Waals surface area contributed by atoms with Crippen LogP contribution < -0.4 is 0 Å². The van der Waals surface area contributed by atoms with E-state index in [1.807, 2.05) is 6.92 Å². The minimum absolute atomic E-state index is 0.299. The van der Waals surface area contributed by atoms with Crippen molar-refractivity contribution >= 4 is 5.78 Å². The van der Waals surface area contributed by atoms with Crippen molar-refractivity contribution in [2.75, 3.05) is 0 Å². The van der Waals surface area contributed by atoms with Gasteiger partial charge in [-0.05, 0) is 12.8 Å². The summed E-state index contributed by atoms with van der Waals surface area (Å²) in [6, 6.07) is 0. The molecule has 3 unspecified atom stereocenters. The molecular formula is C9H14O3. The van der Waals surface area contributed by atoms with E-state index in [4.69, 9.17) is 0 Å². The van der Waals surface area contributed by atoms with Gasteiger partial charge in [0, 0.05) is 5.41 Å². The Morgan fingerprint density at radius 3 is 2.50 bits per heavy atom. The van der Waals surface area contributed by atoms with E-state index >= 15 is 0 Å². The molecule has 0 amide bonds. The molecule has 1 aliphatic rings. The number of carbonyl (C=O) groups excluding carboxylic acids is 1. The van der Waals surface area contributed by atoms with Gasteiger partial charge in [0.2, 0.25) is 0 Å². The highest BCUT2D eigenvalue weighted by Crippen LogP contribution is 2.40. The third-order valence-electron chi connectivity index (χ3n) is 2.78. The number of aliphatic hydroxyl groups excluding tert-OH is 2. The van der Waals surface area contributed by atoms with Crippen LogP contribution in [0.15, 0.2) is 12.7 Å². The van der Waals surface area contributed by atoms with Crippen LogP contribution >= 0.6 is 0 Å². The molecule has 12 heavy (non-hydrogen) atoms. The molecule has 68 valence electrons. The monoisotopic (exact) mass is 170 g/mol. The van der Waals surface area contributed by atoms with Gasteiger partial charge in [-0.2, -0.15) is 0 Å². The average molecular weight is 170 g/mol. The van der Waals surface area contributed by atoms with Crippen LogP contribution in [-0.4, -0.2) is 28.2 Å². The number of hydrogen-bond acceptors (Lipinski definition) is 3. The summed E-state index contributed by atoms with van der Waals surface area (Å²) < 4.78 is 0. The van der Waals surface area contributed by atoms with E-state index in [0.717, 1.165) is 0 Å². The van der Waals surface area contributed by atoms with Crippen LogP contribution in [0.2, 0.25) is 0 Å². The predicted molar refractivity (Wildman–Crippen MR) is 44.6 cm³/mol. The molecule has 0 saturated heterocycles. The first-order valence-corrected chi connectivity index (χ1v) is 4.11. The van der Waals surface area contributed by atoms with Crippen molar-refractivity contribution in [3.63, 3.8) is 0 Å². The molecule has 0 radical (unpaired) electrons. The first kappa shape index (κ1) is 9.42. The fourth-order valence-electron chi connectivity index (χ4n) is 1.71. The van der Waals surface area contributed by atoms with Crippen molar-refractivity contribution in [1.29, 1.82) is 0 Å². The van der Waals surface area contributed by atoms with Gasteiger partial charge in [0.15, 0.2) is 5.78 Å². The second-order valence-corrected chi connectivity index (χ2v) is 3.32. The number of ketones is 1. The van der Waals surface area contributed by atoms with Crippen molar-refractivity contribution in [2.24, 2.45) is 5.41 Å². The molecule has 0 bridgehead atoms. The Balaban J connectivity index is 2.94. The van der Waals surface area contributed by atoms with E-state index in [1.54, 1.807) is 6.08 Å². The zero-order valence-corrected chi connectivity index (χ0v) is 7.16. The maximum absolute atomic E-state index is 11.1. The molecule has 1 fully saturated rings. The number of aliphatic hydroxyl groups is 2. The Hall–Kier alpha value is -0.670. The Morgan fingerprint density at radius 1 is 1.75 bits per heavy atom. The molecular weight excluding hydrogens is 156 g/mol. The zero-order valence-electron chi connectivity index (χ0n) is 7.16. The molecule has 1 rings (SSSR count). The second-order valence-electron chi connectivity index (χ2n) is 3.32. The summed E-state index contributed by atoms with van der Waals surface area (Å²) in [4.78, 5) is 11.1. The second kappa shape index (κ2) is 2.99. The van der Waals surface area contributed by atoms with Gasteiger partial charge < -0.3 is 10.2 Å². The number of hydrogen-bond donors (Lipinski definition) is 2. The van der Waals surface area contributed by atoms with Crippen molar-refractivity contribution in [3.05, 3.63) is 12.7 Å². The van der Waals surface area contributed by atoms with Gasteiger partial charge in [-0.25, -0.2) is 0 Å². The Labute approximate surface area is 71.7 Å². The van der Waals surface area contributed by atoms with Crippen LogP contribution in [-0.2, 0) is 4.79 Å². The molecule has 0 aromatic heterocycles. The molecule has 1 aliphatic carbocycles. The van der Waals surface area contributed by atoms with E-state index in [2.05, 4.69) is 6.58 Å². The summed E-state index contributed by atoms with van der Waals surface area (Å²) in [6.07, 6.45) is 0.409. The van der Waals surface area contributed by atoms with Gasteiger partial charge >= 0.3 is 0 Å². The van der Waals surface area contributed by atoms with Crippen LogP contribution in [0.3, 0.4) is 0 Å². The lowest BCUT2D eigenvalue weighted by Crippen LogP contribution is -2.31. The largest absolute Gasteiger partial charge is 0.385 e. The summed E-state index contributed by atoms with van der Waals surface area (Å²) in [6.45, 7) is 5.45. The average Bonchev–Trinajstić information content (AvgIpc) is 2.30. The molecule has 0 aliphatic heterocycles. The van der Waals surface area contributed by atoms with Crippen LogP contribution in [0, 0.1) is 5.41 Å². The first-order valence-electron chi connectivity index (χ1n) is 4.11. The van der Waals surface area contributed by atoms with Crippen LogP contribution in [0.5, 0.6) is 0 Å². The highest BCUT2D eigenvalue weighted by atomic mass is 16.3. The minimum atomic E-state index is -1.07. The van der Waals surface area contributed by atoms with Gasteiger partial charge in [-0.1, -0.05) is 13.0 Å². The molecule has 1 saturated carbocycles. The van der Waals surface area contributed by atoms with Gasteiger partial charge in [-0.15, -0.1) is 6.58 Å². The summed E-state index contributed by atoms with van der Waals surface area (Å²) in [5.41, 5.74) is -0.601. The summed E-state index contributed by atoms with van der Waals surface area (Å²) >= 11 is 0. The minimum Gasteiger partial charge on any atom is -0.385 e. The van der Waals surface area contributed by atoms with Gasteiger partial charge in [-0.3, -0.25) is 4.79 Å². The lowest BCUT2D eigenvalue weighted by molar-refractivity contribution is -0.132. The SMILES string of the molecule is C=CC1(CC)CC(O)C(=O)C1O. The van der Waals surface area contributed by atoms with Crippen LogP contribution in [0.25, 0.3) is 0 Å². The van der Waals surface area contributed by atoms with Crippen molar-refractivity contribution in [1.82, 2.24) is 0 Å². The van der Waals surface area contributed by atoms with E-state index in [1.165, 1.54) is 0 Å². The lowest BCUT2D eigenvalue weighted by atomic mass is 9.81. The molecule has 3 atom stereocenters. The Morgan fingerprint density at radius 2 is 2.33 bits per heavy atom. The van der Waals surface area contributed by atoms with Crippen molar-refractivity contribution in [3.8, 4) is 0 Å². The van der Waals surface area contributed by atoms with Gasteiger partial charge in [0.1, 0.15) is 12.2 Å². The fourth-order valence-corrected chi connectivity index (χ4v) is 1.71. The van der Waals surface area contributed by atoms with Gasteiger partial charge in [0.25, 0.3) is 0 Å². The Bertz CT molecular complexity index is 212. The highest BCUT2D eigenvalue weighted by molar-refractivity contribution is 5.90. The van der Waals surface area contributed by atoms with E-state index in [0.29, 0.717) is 12.8 Å². The quantitative estimate of drug-likeness (QED) is 0.584. The van der Waals surface area contributed by atoms with Crippen LogP contribution in [0.1, 0.15) is 19.8 Å². The molecule has 3 heteroatoms. The first-order chi connectivity index (χ1) is 5.57. The number of rotatable bonds is 2. The maximum atomic E-state index is 11.1. The van der Waals surface area contributed by atoms with Gasteiger partial charge in [0.05, 0.1) is 0 Å².